The van der Waals surface area contributed by atoms with E-state index >= 15 is 4.79 Å². The summed E-state index contributed by atoms with van der Waals surface area (Å²) in [6.45, 7) is -3.31. The number of hydrogen-bond donors (Lipinski definition) is 27. The lowest BCUT2D eigenvalue weighted by atomic mass is 9.91. The normalized spacial score (nSPS) is 17.9. The maximum absolute atomic E-state index is 15.3. The van der Waals surface area contributed by atoms with E-state index in [9.17, 15) is 181 Å². The van der Waals surface area contributed by atoms with Gasteiger partial charge in [-0.15, -0.1) is 0 Å². The number of hydrogen-bond acceptors (Lipinski definition) is 48. The van der Waals surface area contributed by atoms with Crippen LogP contribution in [0, 0.1) is 0 Å². The Hall–Kier alpha value is -17.6. The third-order valence-corrected chi connectivity index (χ3v) is 18.4. The smallest absolute Gasteiger partial charge is 0.344 e. The molecule has 3 heterocycles. The van der Waals surface area contributed by atoms with Crippen LogP contribution in [0.3, 0.4) is 0 Å². The fourth-order valence-electron chi connectivity index (χ4n) is 12.4. The summed E-state index contributed by atoms with van der Waals surface area (Å²) in [7, 11) is 0. The van der Waals surface area contributed by atoms with Crippen molar-refractivity contribution in [3.8, 4) is 183 Å². The Morgan fingerprint density at radius 3 is 1.11 bits per heavy atom. The molecule has 0 unspecified atom stereocenters. The van der Waals surface area contributed by atoms with Crippen molar-refractivity contribution in [2.45, 2.75) is 55.1 Å². The quantitative estimate of drug-likeness (QED) is 0.0303. The van der Waals surface area contributed by atoms with Gasteiger partial charge in [-0.3, -0.25) is 4.79 Å². The van der Waals surface area contributed by atoms with Crippen LogP contribution in [-0.4, -0.2) is 266 Å². The number of phenolic OH excluding ortho intramolecular Hbond substituents is 26. The zero-order chi connectivity index (χ0) is 90.2. The number of benzene rings is 9. The summed E-state index contributed by atoms with van der Waals surface area (Å²) in [4.78, 5) is 144. The standard InChI is InChI=1S/C75H54O48/c76-14-40(116-66(104)17-1-26(77)46(90)27(78)2-17)62(119-67(105)18-3-28(79)47(91)29(80)4-18)61-38(89)15-113-71(109)24-13-39(54(98)58(102)45(24)44-22(72(110)118-61)10-35(86)52(96)57(44)101)115-60-25(12-37(88)53(97)59(60)103)74(112)123-75-65(122-69(107)20-7-32(83)49(93)33(84)8-20)64(121-68(106)19-5-30(81)48(92)31(82)6-19)63-41(117-75)16-114-70(108)21-9-34(85)50(94)55(99)42(21)43-23(73(111)120-63)11-36(87)51(95)56(43)100/h1-14,38,40-41,61-65,75,77-103H,15-16H2/t38-,40+,41-,61+,62-,63+,64-,65-,75-/m1/s1. The van der Waals surface area contributed by atoms with Crippen molar-refractivity contribution < 1.29 is 238 Å². The Kier molecular flexibility index (Phi) is 22.1. The number of ether oxygens (including phenoxy) is 11. The Bertz CT molecular complexity index is 5950. The van der Waals surface area contributed by atoms with Crippen LogP contribution in [0.15, 0.2) is 78.9 Å². The summed E-state index contributed by atoms with van der Waals surface area (Å²) < 4.78 is 61.2. The number of carbonyl (C=O) groups excluding carboxylic acids is 10. The number of carbonyl (C=O) groups is 10. The minimum atomic E-state index is -3.10. The van der Waals surface area contributed by atoms with Gasteiger partial charge in [0.15, 0.2) is 163 Å². The molecular weight excluding hydrogens is 1670 g/mol. The monoisotopic (exact) mass is 1720 g/mol. The number of phenols is 26. The van der Waals surface area contributed by atoms with Gasteiger partial charge in [0.05, 0.1) is 44.5 Å². The maximum atomic E-state index is 15.3. The third-order valence-electron chi connectivity index (χ3n) is 18.4. The average Bonchev–Trinajstić information content (AvgIpc) is 0.874. The fourth-order valence-corrected chi connectivity index (χ4v) is 12.4. The molecule has 0 radical (unpaired) electrons. The lowest BCUT2D eigenvalue weighted by Crippen LogP contribution is -2.63. The highest BCUT2D eigenvalue weighted by Crippen LogP contribution is 2.58. The van der Waals surface area contributed by atoms with Crippen LogP contribution in [-0.2, 0) is 52.2 Å². The number of aldehydes is 1. The topological polar surface area (TPSA) is 818 Å². The molecule has 642 valence electrons. The first kappa shape index (κ1) is 84.8. The summed E-state index contributed by atoms with van der Waals surface area (Å²) in [5.41, 5.74) is -16.5. The highest BCUT2D eigenvalue weighted by Gasteiger charge is 2.56. The van der Waals surface area contributed by atoms with Gasteiger partial charge >= 0.3 is 53.7 Å². The van der Waals surface area contributed by atoms with Gasteiger partial charge in [-0.2, -0.15) is 0 Å². The Balaban J connectivity index is 0.981. The minimum Gasteiger partial charge on any atom is -0.504 e. The largest absolute Gasteiger partial charge is 0.504 e. The van der Waals surface area contributed by atoms with Gasteiger partial charge in [0.25, 0.3) is 0 Å². The molecule has 123 heavy (non-hydrogen) atoms. The van der Waals surface area contributed by atoms with E-state index in [1.807, 2.05) is 0 Å². The van der Waals surface area contributed by atoms with E-state index in [0.29, 0.717) is 54.6 Å². The van der Waals surface area contributed by atoms with E-state index in [1.165, 1.54) is 0 Å². The number of cyclic esters (lactones) is 3. The molecule has 0 saturated carbocycles. The van der Waals surface area contributed by atoms with E-state index in [0.717, 1.165) is 0 Å². The molecule has 48 heteroatoms. The molecule has 1 fully saturated rings. The van der Waals surface area contributed by atoms with Crippen LogP contribution < -0.4 is 4.74 Å². The molecule has 0 aliphatic carbocycles. The lowest BCUT2D eigenvalue weighted by Gasteiger charge is -2.43. The summed E-state index contributed by atoms with van der Waals surface area (Å²) in [5.74, 6) is -59.6. The lowest BCUT2D eigenvalue weighted by molar-refractivity contribution is -0.282. The molecule has 48 nitrogen and oxygen atoms in total. The second-order valence-electron chi connectivity index (χ2n) is 26.1. The zero-order valence-electron chi connectivity index (χ0n) is 60.3. The molecular formula is C75H54O48. The van der Waals surface area contributed by atoms with Crippen molar-refractivity contribution in [1.82, 2.24) is 0 Å². The van der Waals surface area contributed by atoms with E-state index in [2.05, 4.69) is 0 Å². The summed E-state index contributed by atoms with van der Waals surface area (Å²) in [6.07, 6.45) is -26.4. The van der Waals surface area contributed by atoms with Gasteiger partial charge in [0, 0.05) is 34.4 Å². The van der Waals surface area contributed by atoms with Gasteiger partial charge < -0.3 is 190 Å². The molecule has 3 aliphatic rings. The molecule has 12 rings (SSSR count). The first-order valence-corrected chi connectivity index (χ1v) is 33.8. The molecule has 9 aromatic carbocycles. The highest BCUT2D eigenvalue weighted by molar-refractivity contribution is 6.10. The number of rotatable bonds is 15. The first-order chi connectivity index (χ1) is 57.8. The van der Waals surface area contributed by atoms with Crippen molar-refractivity contribution in [3.63, 3.8) is 0 Å². The Labute approximate surface area is 676 Å². The number of aliphatic hydroxyl groups is 1. The number of esters is 9. The molecule has 0 spiro atoms. The van der Waals surface area contributed by atoms with Crippen LogP contribution in [0.1, 0.15) is 93.2 Å². The van der Waals surface area contributed by atoms with Gasteiger partial charge in [0.2, 0.25) is 46.9 Å². The van der Waals surface area contributed by atoms with E-state index in [-0.39, 0.29) is 24.3 Å². The van der Waals surface area contributed by atoms with Crippen LogP contribution in [0.2, 0.25) is 0 Å². The first-order valence-electron chi connectivity index (χ1n) is 33.8. The average molecular weight is 1720 g/mol. The van der Waals surface area contributed by atoms with Crippen molar-refractivity contribution in [2.24, 2.45) is 0 Å². The summed E-state index contributed by atoms with van der Waals surface area (Å²) >= 11 is 0. The van der Waals surface area contributed by atoms with Crippen molar-refractivity contribution in [1.29, 1.82) is 0 Å². The SMILES string of the molecule is O=C[C@H](OC(=O)c1cc(O)c(O)c(O)c1)[C@@H](OC(=O)c1cc(O)c(O)c(O)c1)[C@H]1OC(=O)c2cc(O)c(O)c(O)c2-c2c(cc(Oc3c(C(=O)O[C@H]4O[C@@H]5COC(=O)c6cc(O)c(O)c(O)c6-c6c(cc(O)c(O)c6O)C(=O)O[C@@H]5[C@@H](OC(=O)c5cc(O)c(O)c(O)c5)[C@H]4OC(=O)c4cc(O)c(O)c(O)c4)cc(O)c(O)c3O)c(O)c2O)C(=O)OC[C@H]1O. The molecule has 0 aromatic heterocycles. The van der Waals surface area contributed by atoms with Crippen molar-refractivity contribution in [2.75, 3.05) is 13.2 Å². The predicted octanol–water partition coefficient (Wildman–Crippen LogP) is 2.59. The Morgan fingerprint density at radius 1 is 0.350 bits per heavy atom. The van der Waals surface area contributed by atoms with Crippen LogP contribution >= 0.6 is 0 Å². The molecule has 1 saturated heterocycles. The number of aliphatic hydroxyl groups excluding tert-OH is 1. The highest BCUT2D eigenvalue weighted by atomic mass is 16.8. The van der Waals surface area contributed by atoms with Crippen molar-refractivity contribution >= 4 is 60.0 Å². The predicted molar refractivity (Wildman–Crippen MR) is 381 cm³/mol. The number of fused-ring (bicyclic) bond motifs is 7. The fraction of sp³-hybridized carbons (Fsp3) is 0.147. The molecule has 3 aliphatic heterocycles. The molecule has 9 atom stereocenters. The third kappa shape index (κ3) is 15.4. The van der Waals surface area contributed by atoms with E-state index in [1.54, 1.807) is 0 Å². The summed E-state index contributed by atoms with van der Waals surface area (Å²) in [5, 5.41) is 293. The van der Waals surface area contributed by atoms with Crippen molar-refractivity contribution in [3.05, 3.63) is 129 Å². The maximum Gasteiger partial charge on any atom is 0.344 e. The van der Waals surface area contributed by atoms with Gasteiger partial charge in [-0.25, -0.2) is 43.2 Å². The minimum absolute atomic E-state index is 0.0877. The molecule has 0 bridgehead atoms. The summed E-state index contributed by atoms with van der Waals surface area (Å²) in [6, 6.07) is 4.15. The van der Waals surface area contributed by atoms with Gasteiger partial charge in [0.1, 0.15) is 31.0 Å². The molecule has 27 N–H and O–H groups in total. The number of aromatic hydroxyl groups is 26. The molecule has 0 amide bonds. The molecule has 9 aromatic rings. The van der Waals surface area contributed by atoms with Crippen LogP contribution in [0.5, 0.6) is 161 Å². The zero-order valence-corrected chi connectivity index (χ0v) is 60.3. The van der Waals surface area contributed by atoms with Crippen LogP contribution in [0.4, 0.5) is 0 Å². The Morgan fingerprint density at radius 2 is 0.691 bits per heavy atom. The second kappa shape index (κ2) is 32.1. The van der Waals surface area contributed by atoms with Crippen LogP contribution in [0.25, 0.3) is 22.3 Å². The second-order valence-corrected chi connectivity index (χ2v) is 26.1. The van der Waals surface area contributed by atoms with E-state index in [4.69, 9.17) is 52.1 Å². The van der Waals surface area contributed by atoms with Gasteiger partial charge in [-0.1, -0.05) is 0 Å². The van der Waals surface area contributed by atoms with Gasteiger partial charge in [-0.05, 0) is 66.7 Å². The van der Waals surface area contributed by atoms with E-state index < -0.39 is 362 Å².